The molecule has 8 heteroatoms. The molecule has 2 aromatic carbocycles. The molecular weight excluding hydrogens is 418 g/mol. The van der Waals surface area contributed by atoms with Gasteiger partial charge in [0.15, 0.2) is 0 Å². The van der Waals surface area contributed by atoms with Gasteiger partial charge in [-0.15, -0.1) is 0 Å². The zero-order valence-electron chi connectivity index (χ0n) is 18.5. The third kappa shape index (κ3) is 5.06. The number of aromatic nitrogens is 2. The first-order chi connectivity index (χ1) is 16.1. The van der Waals surface area contributed by atoms with E-state index >= 15 is 0 Å². The molecule has 0 atom stereocenters. The van der Waals surface area contributed by atoms with E-state index < -0.39 is 0 Å². The largest absolute Gasteiger partial charge is 0.491 e. The summed E-state index contributed by atoms with van der Waals surface area (Å²) in [5, 5.41) is 21.4. The number of piperidine rings is 1. The molecule has 4 rings (SSSR count). The quantitative estimate of drug-likeness (QED) is 0.512. The first-order valence-corrected chi connectivity index (χ1v) is 11.0. The normalized spacial score (nSPS) is 14.2. The van der Waals surface area contributed by atoms with E-state index in [9.17, 15) is 4.79 Å². The molecular formula is C25H27N5O3. The number of H-pyrrole nitrogens is 1. The highest BCUT2D eigenvalue weighted by Gasteiger charge is 2.22. The lowest BCUT2D eigenvalue weighted by Crippen LogP contribution is -2.42. The van der Waals surface area contributed by atoms with Crippen LogP contribution in [0.3, 0.4) is 0 Å². The Balaban J connectivity index is 1.76. The van der Waals surface area contributed by atoms with Crippen LogP contribution >= 0.6 is 0 Å². The summed E-state index contributed by atoms with van der Waals surface area (Å²) in [5.74, 6) is 1.17. The zero-order valence-corrected chi connectivity index (χ0v) is 18.5. The Morgan fingerprint density at radius 1 is 1.15 bits per heavy atom. The number of hydrogen-bond acceptors (Lipinski definition) is 7. The fraction of sp³-hybridized carbons (Fsp3) is 0.320. The Kier molecular flexibility index (Phi) is 7.03. The van der Waals surface area contributed by atoms with Crippen molar-refractivity contribution in [3.63, 3.8) is 0 Å². The highest BCUT2D eigenvalue weighted by atomic mass is 16.5. The van der Waals surface area contributed by atoms with Gasteiger partial charge in [-0.05, 0) is 49.7 Å². The molecule has 0 bridgehead atoms. The van der Waals surface area contributed by atoms with Crippen LogP contribution < -0.4 is 20.5 Å². The zero-order chi connectivity index (χ0) is 23.2. The number of nitrogens with zero attached hydrogens (tertiary/aromatic N) is 3. The molecule has 2 heterocycles. The number of aromatic amines is 1. The predicted octanol–water partition coefficient (Wildman–Crippen LogP) is 2.53. The fourth-order valence-corrected chi connectivity index (χ4v) is 4.05. The second-order valence-corrected chi connectivity index (χ2v) is 7.95. The van der Waals surface area contributed by atoms with Crippen LogP contribution in [0.4, 0.5) is 5.95 Å². The summed E-state index contributed by atoms with van der Waals surface area (Å²) < 4.78 is 5.44. The molecule has 0 aliphatic carbocycles. The van der Waals surface area contributed by atoms with Gasteiger partial charge < -0.3 is 20.1 Å². The van der Waals surface area contributed by atoms with E-state index in [4.69, 9.17) is 20.1 Å². The average molecular weight is 446 g/mol. The summed E-state index contributed by atoms with van der Waals surface area (Å²) in [4.78, 5) is 23.3. The number of benzene rings is 2. The van der Waals surface area contributed by atoms with Gasteiger partial charge in [-0.25, -0.2) is 4.98 Å². The Labute approximate surface area is 192 Å². The molecule has 3 aromatic rings. The van der Waals surface area contributed by atoms with Gasteiger partial charge in [-0.3, -0.25) is 9.78 Å². The molecule has 0 amide bonds. The molecule has 1 saturated heterocycles. The number of nitriles is 1. The predicted molar refractivity (Wildman–Crippen MR) is 127 cm³/mol. The number of hydrogen-bond donors (Lipinski definition) is 3. The summed E-state index contributed by atoms with van der Waals surface area (Å²) in [5.41, 5.74) is 2.83. The number of nitrogens with one attached hydrogen (secondary N) is 2. The highest BCUT2D eigenvalue weighted by molar-refractivity contribution is 5.81. The van der Waals surface area contributed by atoms with E-state index in [2.05, 4.69) is 21.3 Å². The summed E-state index contributed by atoms with van der Waals surface area (Å²) in [7, 11) is 1.97. The number of aliphatic hydroxyl groups excluding tert-OH is 1. The molecule has 1 aliphatic rings. The van der Waals surface area contributed by atoms with Crippen LogP contribution in [0.15, 0.2) is 53.3 Å². The lowest BCUT2D eigenvalue weighted by Gasteiger charge is -2.32. The van der Waals surface area contributed by atoms with Gasteiger partial charge in [0, 0.05) is 24.7 Å². The minimum Gasteiger partial charge on any atom is -0.491 e. The second-order valence-electron chi connectivity index (χ2n) is 7.95. The lowest BCUT2D eigenvalue weighted by molar-refractivity contribution is 0.201. The van der Waals surface area contributed by atoms with Gasteiger partial charge in [-0.1, -0.05) is 24.3 Å². The Bertz CT molecular complexity index is 1170. The van der Waals surface area contributed by atoms with Crippen molar-refractivity contribution < 1.29 is 9.84 Å². The molecule has 170 valence electrons. The third-order valence-electron chi connectivity index (χ3n) is 5.90. The second kappa shape index (κ2) is 10.3. The van der Waals surface area contributed by atoms with Gasteiger partial charge in [0.25, 0.3) is 5.56 Å². The van der Waals surface area contributed by atoms with Crippen LogP contribution in [0.2, 0.25) is 0 Å². The Morgan fingerprint density at radius 2 is 1.82 bits per heavy atom. The molecule has 0 spiro atoms. The van der Waals surface area contributed by atoms with Crippen molar-refractivity contribution in [2.75, 3.05) is 38.3 Å². The van der Waals surface area contributed by atoms with Crippen LogP contribution in [-0.4, -0.2) is 54.5 Å². The summed E-state index contributed by atoms with van der Waals surface area (Å²) >= 11 is 0. The van der Waals surface area contributed by atoms with Crippen molar-refractivity contribution in [3.8, 4) is 34.2 Å². The molecule has 3 N–H and O–H groups in total. The SMILES string of the molecule is CNC1CCN(c2nc(-c3ccc(C#N)cc3)c(-c3ccc(OCCO)cc3)c(=O)[nH]2)CC1. The maximum absolute atomic E-state index is 13.3. The molecule has 1 fully saturated rings. The molecule has 0 radical (unpaired) electrons. The highest BCUT2D eigenvalue weighted by Crippen LogP contribution is 2.31. The van der Waals surface area contributed by atoms with E-state index in [1.165, 1.54) is 0 Å². The van der Waals surface area contributed by atoms with Gasteiger partial charge in [0.2, 0.25) is 5.95 Å². The lowest BCUT2D eigenvalue weighted by atomic mass is 9.99. The third-order valence-corrected chi connectivity index (χ3v) is 5.90. The molecule has 0 saturated carbocycles. The summed E-state index contributed by atoms with van der Waals surface area (Å²) in [6, 6.07) is 16.8. The van der Waals surface area contributed by atoms with Crippen LogP contribution in [0.1, 0.15) is 18.4 Å². The molecule has 1 aliphatic heterocycles. The van der Waals surface area contributed by atoms with E-state index in [0.717, 1.165) is 31.5 Å². The minimum atomic E-state index is -0.223. The van der Waals surface area contributed by atoms with Crippen molar-refractivity contribution in [2.24, 2.45) is 0 Å². The smallest absolute Gasteiger partial charge is 0.260 e. The van der Waals surface area contributed by atoms with Crippen LogP contribution in [-0.2, 0) is 0 Å². The average Bonchev–Trinajstić information content (AvgIpc) is 2.87. The van der Waals surface area contributed by atoms with Crippen molar-refractivity contribution in [1.29, 1.82) is 5.26 Å². The number of ether oxygens (including phenoxy) is 1. The topological polar surface area (TPSA) is 114 Å². The molecule has 33 heavy (non-hydrogen) atoms. The first kappa shape index (κ1) is 22.5. The van der Waals surface area contributed by atoms with Crippen LogP contribution in [0, 0.1) is 11.3 Å². The van der Waals surface area contributed by atoms with Gasteiger partial charge in [0.05, 0.1) is 29.5 Å². The van der Waals surface area contributed by atoms with Gasteiger partial charge in [-0.2, -0.15) is 5.26 Å². The van der Waals surface area contributed by atoms with E-state index in [1.807, 2.05) is 31.3 Å². The Morgan fingerprint density at radius 3 is 2.42 bits per heavy atom. The maximum Gasteiger partial charge on any atom is 0.260 e. The standard InChI is InChI=1S/C25H27N5O3/c1-27-20-10-12-30(13-11-20)25-28-23(19-4-2-17(16-26)3-5-19)22(24(32)29-25)18-6-8-21(9-7-18)33-15-14-31/h2-9,20,27,31H,10-15H2,1H3,(H,28,29,32). The van der Waals surface area contributed by atoms with Crippen molar-refractivity contribution >= 4 is 5.95 Å². The number of rotatable bonds is 7. The fourth-order valence-electron chi connectivity index (χ4n) is 4.05. The van der Waals surface area contributed by atoms with Gasteiger partial charge >= 0.3 is 0 Å². The summed E-state index contributed by atoms with van der Waals surface area (Å²) in [6.07, 6.45) is 1.95. The van der Waals surface area contributed by atoms with E-state index in [-0.39, 0.29) is 18.8 Å². The van der Waals surface area contributed by atoms with Crippen molar-refractivity contribution in [2.45, 2.75) is 18.9 Å². The summed E-state index contributed by atoms with van der Waals surface area (Å²) in [6.45, 7) is 1.74. The van der Waals surface area contributed by atoms with E-state index in [1.54, 1.807) is 24.3 Å². The minimum absolute atomic E-state index is 0.0682. The first-order valence-electron chi connectivity index (χ1n) is 11.0. The number of anilines is 1. The van der Waals surface area contributed by atoms with Gasteiger partial charge in [0.1, 0.15) is 12.4 Å². The Hall–Kier alpha value is -3.67. The van der Waals surface area contributed by atoms with Crippen molar-refractivity contribution in [1.82, 2.24) is 15.3 Å². The van der Waals surface area contributed by atoms with Crippen LogP contribution in [0.25, 0.3) is 22.4 Å². The molecule has 1 aromatic heterocycles. The van der Waals surface area contributed by atoms with Crippen LogP contribution in [0.5, 0.6) is 5.75 Å². The maximum atomic E-state index is 13.3. The van der Waals surface area contributed by atoms with E-state index in [0.29, 0.717) is 40.1 Å². The molecule has 8 nitrogen and oxygen atoms in total. The monoisotopic (exact) mass is 445 g/mol. The van der Waals surface area contributed by atoms with Crippen molar-refractivity contribution in [3.05, 3.63) is 64.4 Å². The molecule has 0 unspecified atom stereocenters. The number of aliphatic hydroxyl groups is 1.